The number of nitrogens with zero attached hydrogens (tertiary/aromatic N) is 1. The second-order valence-electron chi connectivity index (χ2n) is 5.23. The van der Waals surface area contributed by atoms with Gasteiger partial charge in [0.1, 0.15) is 11.5 Å². The Morgan fingerprint density at radius 2 is 2.25 bits per heavy atom. The molecule has 0 saturated carbocycles. The molecular formula is C14H21N3O3. The minimum absolute atomic E-state index is 0.00152. The molecule has 1 fully saturated rings. The van der Waals surface area contributed by atoms with Crippen LogP contribution in [-0.2, 0) is 4.79 Å². The maximum absolute atomic E-state index is 12.6. The molecule has 1 aromatic rings. The van der Waals surface area contributed by atoms with E-state index in [0.717, 1.165) is 19.4 Å². The summed E-state index contributed by atoms with van der Waals surface area (Å²) >= 11 is 0. The Hall–Kier alpha value is -1.82. The summed E-state index contributed by atoms with van der Waals surface area (Å²) in [5.41, 5.74) is 5.79. The Kier molecular flexibility index (Phi) is 4.44. The van der Waals surface area contributed by atoms with Crippen LogP contribution in [0.4, 0.5) is 0 Å². The third-order valence-corrected chi connectivity index (χ3v) is 3.57. The van der Waals surface area contributed by atoms with Gasteiger partial charge in [-0.05, 0) is 39.3 Å². The number of nitrogens with two attached hydrogens (primary N) is 1. The van der Waals surface area contributed by atoms with Gasteiger partial charge in [0.05, 0.1) is 12.1 Å². The number of nitrogens with one attached hydrogen (secondary N) is 1. The lowest BCUT2D eigenvalue weighted by molar-refractivity contribution is -0.119. The van der Waals surface area contributed by atoms with Gasteiger partial charge in [-0.2, -0.15) is 0 Å². The third kappa shape index (κ3) is 3.19. The van der Waals surface area contributed by atoms with E-state index >= 15 is 0 Å². The van der Waals surface area contributed by atoms with E-state index in [9.17, 15) is 9.59 Å². The summed E-state index contributed by atoms with van der Waals surface area (Å²) in [5, 5.41) is 3.25. The molecule has 1 aliphatic rings. The topological polar surface area (TPSA) is 88.6 Å². The number of carbonyl (C=O) groups is 2. The summed E-state index contributed by atoms with van der Waals surface area (Å²) in [6.45, 7) is 5.12. The number of rotatable bonds is 4. The van der Waals surface area contributed by atoms with Gasteiger partial charge in [-0.15, -0.1) is 0 Å². The van der Waals surface area contributed by atoms with E-state index in [1.807, 2.05) is 0 Å². The molecule has 20 heavy (non-hydrogen) atoms. The molecule has 110 valence electrons. The lowest BCUT2D eigenvalue weighted by atomic mass is 10.0. The number of hydrogen-bond donors (Lipinski definition) is 2. The SMILES string of the molecule is Cc1cc(C(=O)N(CC(N)=O)C2CCCNC2)c(C)o1. The first-order valence-electron chi connectivity index (χ1n) is 6.86. The molecule has 0 aromatic carbocycles. The van der Waals surface area contributed by atoms with Crippen molar-refractivity contribution in [1.29, 1.82) is 0 Å². The van der Waals surface area contributed by atoms with Crippen molar-refractivity contribution < 1.29 is 14.0 Å². The molecule has 1 aliphatic heterocycles. The van der Waals surface area contributed by atoms with Crippen molar-refractivity contribution in [3.8, 4) is 0 Å². The van der Waals surface area contributed by atoms with E-state index in [-0.39, 0.29) is 18.5 Å². The molecule has 0 spiro atoms. The monoisotopic (exact) mass is 279 g/mol. The Morgan fingerprint density at radius 3 is 2.75 bits per heavy atom. The van der Waals surface area contributed by atoms with Crippen LogP contribution in [0, 0.1) is 13.8 Å². The molecule has 6 heteroatoms. The summed E-state index contributed by atoms with van der Waals surface area (Å²) < 4.78 is 5.40. The van der Waals surface area contributed by atoms with Crippen molar-refractivity contribution >= 4 is 11.8 Å². The van der Waals surface area contributed by atoms with Crippen LogP contribution in [0.25, 0.3) is 0 Å². The Bertz CT molecular complexity index is 504. The normalized spacial score (nSPS) is 18.8. The van der Waals surface area contributed by atoms with Crippen molar-refractivity contribution in [2.45, 2.75) is 32.7 Å². The molecule has 1 saturated heterocycles. The lowest BCUT2D eigenvalue weighted by Gasteiger charge is -2.33. The van der Waals surface area contributed by atoms with E-state index in [0.29, 0.717) is 23.6 Å². The van der Waals surface area contributed by atoms with E-state index in [4.69, 9.17) is 10.2 Å². The molecule has 2 heterocycles. The maximum atomic E-state index is 12.6. The zero-order valence-electron chi connectivity index (χ0n) is 11.9. The molecule has 3 N–H and O–H groups in total. The van der Waals surface area contributed by atoms with E-state index in [1.165, 1.54) is 0 Å². The van der Waals surface area contributed by atoms with Gasteiger partial charge < -0.3 is 20.4 Å². The zero-order chi connectivity index (χ0) is 14.7. The van der Waals surface area contributed by atoms with Crippen molar-refractivity contribution in [1.82, 2.24) is 10.2 Å². The van der Waals surface area contributed by atoms with Gasteiger partial charge in [0.15, 0.2) is 0 Å². The number of aryl methyl sites for hydroxylation is 2. The molecule has 1 aromatic heterocycles. The van der Waals surface area contributed by atoms with Crippen LogP contribution in [0.3, 0.4) is 0 Å². The first kappa shape index (κ1) is 14.6. The maximum Gasteiger partial charge on any atom is 0.258 e. The van der Waals surface area contributed by atoms with Crippen molar-refractivity contribution in [2.75, 3.05) is 19.6 Å². The predicted molar refractivity (Wildman–Crippen MR) is 74.3 cm³/mol. The molecule has 0 radical (unpaired) electrons. The second kappa shape index (κ2) is 6.09. The Morgan fingerprint density at radius 1 is 1.50 bits per heavy atom. The van der Waals surface area contributed by atoms with Gasteiger partial charge in [-0.25, -0.2) is 0 Å². The number of amides is 2. The largest absolute Gasteiger partial charge is 0.466 e. The molecule has 0 bridgehead atoms. The van der Waals surface area contributed by atoms with Gasteiger partial charge in [0.25, 0.3) is 5.91 Å². The molecule has 1 unspecified atom stereocenters. The van der Waals surface area contributed by atoms with Crippen LogP contribution in [0.15, 0.2) is 10.5 Å². The minimum atomic E-state index is -0.498. The Labute approximate surface area is 118 Å². The van der Waals surface area contributed by atoms with Crippen LogP contribution in [0.5, 0.6) is 0 Å². The van der Waals surface area contributed by atoms with E-state index in [1.54, 1.807) is 24.8 Å². The highest BCUT2D eigenvalue weighted by molar-refractivity contribution is 5.97. The van der Waals surface area contributed by atoms with Crippen molar-refractivity contribution in [2.24, 2.45) is 5.73 Å². The van der Waals surface area contributed by atoms with Gasteiger partial charge in [0.2, 0.25) is 5.91 Å². The molecule has 1 atom stereocenters. The van der Waals surface area contributed by atoms with Crippen molar-refractivity contribution in [3.05, 3.63) is 23.2 Å². The highest BCUT2D eigenvalue weighted by Gasteiger charge is 2.29. The number of carbonyl (C=O) groups excluding carboxylic acids is 2. The van der Waals surface area contributed by atoms with Gasteiger partial charge in [-0.1, -0.05) is 0 Å². The first-order chi connectivity index (χ1) is 9.49. The molecule has 6 nitrogen and oxygen atoms in total. The third-order valence-electron chi connectivity index (χ3n) is 3.57. The van der Waals surface area contributed by atoms with Gasteiger partial charge in [0, 0.05) is 12.6 Å². The fraction of sp³-hybridized carbons (Fsp3) is 0.571. The average molecular weight is 279 g/mol. The summed E-state index contributed by atoms with van der Waals surface area (Å²) in [4.78, 5) is 25.5. The summed E-state index contributed by atoms with van der Waals surface area (Å²) in [7, 11) is 0. The number of hydrogen-bond acceptors (Lipinski definition) is 4. The fourth-order valence-electron chi connectivity index (χ4n) is 2.63. The molecular weight excluding hydrogens is 258 g/mol. The Balaban J connectivity index is 2.23. The van der Waals surface area contributed by atoms with Crippen LogP contribution in [0.2, 0.25) is 0 Å². The smallest absolute Gasteiger partial charge is 0.258 e. The summed E-state index contributed by atoms with van der Waals surface area (Å²) in [5.74, 6) is 0.575. The summed E-state index contributed by atoms with van der Waals surface area (Å²) in [6, 6.07) is 1.71. The quantitative estimate of drug-likeness (QED) is 0.843. The average Bonchev–Trinajstić information content (AvgIpc) is 2.75. The standard InChI is InChI=1S/C14H21N3O3/c1-9-6-12(10(2)20-9)14(19)17(8-13(15)18)11-4-3-5-16-7-11/h6,11,16H,3-5,7-8H2,1-2H3,(H2,15,18). The zero-order valence-corrected chi connectivity index (χ0v) is 11.9. The van der Waals surface area contributed by atoms with Crippen LogP contribution < -0.4 is 11.1 Å². The van der Waals surface area contributed by atoms with Crippen LogP contribution >= 0.6 is 0 Å². The number of piperidine rings is 1. The fourth-order valence-corrected chi connectivity index (χ4v) is 2.63. The lowest BCUT2D eigenvalue weighted by Crippen LogP contribution is -2.51. The number of furan rings is 1. The van der Waals surface area contributed by atoms with Crippen LogP contribution in [0.1, 0.15) is 34.7 Å². The number of primary amides is 1. The first-order valence-corrected chi connectivity index (χ1v) is 6.86. The second-order valence-corrected chi connectivity index (χ2v) is 5.23. The molecule has 2 rings (SSSR count). The minimum Gasteiger partial charge on any atom is -0.466 e. The van der Waals surface area contributed by atoms with Gasteiger partial charge >= 0.3 is 0 Å². The predicted octanol–water partition coefficient (Wildman–Crippen LogP) is 0.576. The highest BCUT2D eigenvalue weighted by Crippen LogP contribution is 2.19. The van der Waals surface area contributed by atoms with Crippen molar-refractivity contribution in [3.63, 3.8) is 0 Å². The van der Waals surface area contributed by atoms with E-state index in [2.05, 4.69) is 5.32 Å². The van der Waals surface area contributed by atoms with Crippen LogP contribution in [-0.4, -0.2) is 42.4 Å². The molecule has 0 aliphatic carbocycles. The summed E-state index contributed by atoms with van der Waals surface area (Å²) in [6.07, 6.45) is 1.86. The highest BCUT2D eigenvalue weighted by atomic mass is 16.3. The molecule has 2 amide bonds. The van der Waals surface area contributed by atoms with E-state index < -0.39 is 5.91 Å². The van der Waals surface area contributed by atoms with Gasteiger partial charge in [-0.3, -0.25) is 9.59 Å².